The van der Waals surface area contributed by atoms with Crippen LogP contribution in [0.25, 0.3) is 0 Å². The van der Waals surface area contributed by atoms with Crippen molar-refractivity contribution in [2.45, 2.75) is 21.8 Å². The summed E-state index contributed by atoms with van der Waals surface area (Å²) in [5.74, 6) is -0.433. The van der Waals surface area contributed by atoms with Crippen molar-refractivity contribution in [1.29, 1.82) is 0 Å². The van der Waals surface area contributed by atoms with Gasteiger partial charge < -0.3 is 0 Å². The van der Waals surface area contributed by atoms with E-state index in [2.05, 4.69) is 9.78 Å². The van der Waals surface area contributed by atoms with E-state index in [1.54, 1.807) is 0 Å². The molecule has 0 aliphatic rings. The van der Waals surface area contributed by atoms with Crippen LogP contribution in [-0.2, 0) is 14.6 Å². The van der Waals surface area contributed by atoms with Gasteiger partial charge in [0, 0.05) is 6.92 Å². The normalized spacial score (nSPS) is 5.75. The second-order valence-electron chi connectivity index (χ2n) is 0.742. The molecule has 0 saturated heterocycles. The first-order valence-corrected chi connectivity index (χ1v) is 1.48. The van der Waals surface area contributed by atoms with Crippen LogP contribution >= 0.6 is 0 Å². The topological polar surface area (TPSA) is 35.5 Å². The molecule has 0 N–H and O–H groups in total. The molecule has 3 heteroatoms. The van der Waals surface area contributed by atoms with Crippen molar-refractivity contribution in [1.82, 2.24) is 0 Å². The third kappa shape index (κ3) is 18.0. The van der Waals surface area contributed by atoms with Crippen LogP contribution in [0.1, 0.15) is 21.8 Å². The van der Waals surface area contributed by atoms with Gasteiger partial charge in [-0.3, -0.25) is 4.89 Å². The van der Waals surface area contributed by atoms with Gasteiger partial charge in [0.2, 0.25) is 0 Å². The van der Waals surface area contributed by atoms with Crippen LogP contribution in [0, 0.1) is 0 Å². The van der Waals surface area contributed by atoms with Crippen molar-refractivity contribution in [2.24, 2.45) is 0 Å². The molecular weight excluding hydrogens is 108 g/mol. The Labute approximate surface area is 50.5 Å². The molecule has 0 aliphatic carbocycles. The van der Waals surface area contributed by atoms with Crippen molar-refractivity contribution in [2.75, 3.05) is 7.11 Å². The molecule has 0 radical (unpaired) electrons. The Bertz CT molecular complexity index is 51.6. The summed E-state index contributed by atoms with van der Waals surface area (Å²) in [5.41, 5.74) is 0. The lowest BCUT2D eigenvalue weighted by Crippen LogP contribution is -1.94. The highest BCUT2D eigenvalue weighted by molar-refractivity contribution is 5.65. The zero-order valence-corrected chi connectivity index (χ0v) is 3.72. The molecule has 0 atom stereocenters. The zero-order chi connectivity index (χ0) is 4.99. The fourth-order valence-corrected chi connectivity index (χ4v) is 0.117. The number of rotatable bonds is 1. The van der Waals surface area contributed by atoms with E-state index in [0.29, 0.717) is 0 Å². The van der Waals surface area contributed by atoms with Crippen LogP contribution in [0.15, 0.2) is 0 Å². The lowest BCUT2D eigenvalue weighted by atomic mass is 10.8. The van der Waals surface area contributed by atoms with Gasteiger partial charge >= 0.3 is 5.97 Å². The van der Waals surface area contributed by atoms with Crippen molar-refractivity contribution in [3.8, 4) is 0 Å². The Morgan fingerprint density at radius 1 is 1.38 bits per heavy atom. The minimum absolute atomic E-state index is 0. The molecule has 0 bridgehead atoms. The van der Waals surface area contributed by atoms with E-state index in [-0.39, 0.29) is 14.9 Å². The van der Waals surface area contributed by atoms with Gasteiger partial charge in [-0.05, 0) is 0 Å². The summed E-state index contributed by atoms with van der Waals surface area (Å²) in [7, 11) is 1.28. The van der Waals surface area contributed by atoms with Crippen LogP contribution < -0.4 is 0 Å². The van der Waals surface area contributed by atoms with Crippen molar-refractivity contribution < 1.29 is 14.6 Å². The lowest BCUT2D eigenvalue weighted by Gasteiger charge is -1.87. The molecule has 0 fully saturated rings. The summed E-state index contributed by atoms with van der Waals surface area (Å²) in [5, 5.41) is 0. The molecule has 0 amide bonds. The minimum Gasteiger partial charge on any atom is -0.299 e. The van der Waals surface area contributed by atoms with E-state index in [1.807, 2.05) is 0 Å². The summed E-state index contributed by atoms with van der Waals surface area (Å²) in [6.45, 7) is 1.27. The van der Waals surface area contributed by atoms with Gasteiger partial charge in [0.05, 0.1) is 7.11 Å². The monoisotopic (exact) mass is 122 g/mol. The average Bonchev–Trinajstić information content (AvgIpc) is 1.35. The Hall–Kier alpha value is -0.570. The van der Waals surface area contributed by atoms with E-state index in [9.17, 15) is 4.79 Å². The molecule has 0 spiro atoms. The largest absolute Gasteiger partial charge is 0.339 e. The lowest BCUT2D eigenvalue weighted by molar-refractivity contribution is -0.252. The first-order chi connectivity index (χ1) is 2.77. The maximum absolute atomic E-state index is 9.70. The second-order valence-corrected chi connectivity index (χ2v) is 0.742. The molecule has 8 heavy (non-hydrogen) atoms. The highest BCUT2D eigenvalue weighted by atomic mass is 17.2. The third-order valence-electron chi connectivity index (χ3n) is 0.201. The van der Waals surface area contributed by atoms with Gasteiger partial charge in [-0.25, -0.2) is 4.79 Å². The molecule has 52 valence electrons. The van der Waals surface area contributed by atoms with Gasteiger partial charge in [-0.1, -0.05) is 14.9 Å². The van der Waals surface area contributed by atoms with E-state index >= 15 is 0 Å². The zero-order valence-electron chi connectivity index (χ0n) is 3.72. The predicted octanol–water partition coefficient (Wildman–Crippen LogP) is 1.38. The van der Waals surface area contributed by atoms with E-state index in [0.717, 1.165) is 0 Å². The van der Waals surface area contributed by atoms with Gasteiger partial charge in [0.1, 0.15) is 0 Å². The van der Waals surface area contributed by atoms with Crippen molar-refractivity contribution >= 4 is 5.97 Å². The highest BCUT2D eigenvalue weighted by Gasteiger charge is 1.83. The van der Waals surface area contributed by atoms with Crippen molar-refractivity contribution in [3.63, 3.8) is 0 Å². The van der Waals surface area contributed by atoms with Crippen LogP contribution in [0.2, 0.25) is 0 Å². The molecule has 0 rings (SSSR count). The highest BCUT2D eigenvalue weighted by Crippen LogP contribution is 1.69. The fourth-order valence-electron chi connectivity index (χ4n) is 0.117. The number of hydrogen-bond donors (Lipinski definition) is 0. The first-order valence-electron chi connectivity index (χ1n) is 1.48. The van der Waals surface area contributed by atoms with Gasteiger partial charge in [0.25, 0.3) is 0 Å². The number of hydrogen-bond acceptors (Lipinski definition) is 3. The van der Waals surface area contributed by atoms with E-state index < -0.39 is 5.97 Å². The Morgan fingerprint density at radius 3 is 1.75 bits per heavy atom. The smallest absolute Gasteiger partial charge is 0.299 e. The third-order valence-corrected chi connectivity index (χ3v) is 0.201. The Kier molecular flexibility index (Phi) is 18.9. The second kappa shape index (κ2) is 9.66. The molecule has 0 aromatic rings. The van der Waals surface area contributed by atoms with Crippen LogP contribution in [0.4, 0.5) is 0 Å². The van der Waals surface area contributed by atoms with E-state index in [1.165, 1.54) is 14.0 Å². The summed E-state index contributed by atoms with van der Waals surface area (Å²) in [4.78, 5) is 17.6. The van der Waals surface area contributed by atoms with Crippen LogP contribution in [0.3, 0.4) is 0 Å². The Balaban J connectivity index is -0.000000125. The summed E-state index contributed by atoms with van der Waals surface area (Å²) >= 11 is 0. The summed E-state index contributed by atoms with van der Waals surface area (Å²) < 4.78 is 0. The first kappa shape index (κ1) is 15.7. The van der Waals surface area contributed by atoms with E-state index in [4.69, 9.17) is 0 Å². The van der Waals surface area contributed by atoms with Gasteiger partial charge in [-0.15, -0.1) is 0 Å². The van der Waals surface area contributed by atoms with Crippen LogP contribution in [0.5, 0.6) is 0 Å². The molecule has 0 saturated carbocycles. The number of carbonyl (C=O) groups is 1. The quantitative estimate of drug-likeness (QED) is 0.389. The molecular formula is C5H14O3. The molecule has 0 aromatic carbocycles. The Morgan fingerprint density at radius 2 is 1.75 bits per heavy atom. The number of carbonyl (C=O) groups excluding carboxylic acids is 1. The standard InChI is InChI=1S/C3H6O3.2CH4/c1-3(4)6-5-2;;/h1-2H3;2*1H4. The molecule has 0 unspecified atom stereocenters. The average molecular weight is 122 g/mol. The fraction of sp³-hybridized carbons (Fsp3) is 0.800. The molecule has 0 heterocycles. The van der Waals surface area contributed by atoms with Crippen LogP contribution in [-0.4, -0.2) is 13.1 Å². The van der Waals surface area contributed by atoms with Gasteiger partial charge in [-0.2, -0.15) is 4.89 Å². The summed E-state index contributed by atoms with van der Waals surface area (Å²) in [6.07, 6.45) is 0. The van der Waals surface area contributed by atoms with Crippen molar-refractivity contribution in [3.05, 3.63) is 0 Å². The van der Waals surface area contributed by atoms with Gasteiger partial charge in [0.15, 0.2) is 0 Å². The minimum atomic E-state index is -0.433. The predicted molar refractivity (Wildman–Crippen MR) is 32.2 cm³/mol. The maximum atomic E-state index is 9.70. The molecule has 0 aromatic heterocycles. The summed E-state index contributed by atoms with van der Waals surface area (Å²) in [6, 6.07) is 0. The molecule has 0 aliphatic heterocycles. The maximum Gasteiger partial charge on any atom is 0.339 e. The SMILES string of the molecule is C.C.COOC(C)=O. The molecule has 3 nitrogen and oxygen atoms in total.